The van der Waals surface area contributed by atoms with E-state index >= 15 is 0 Å². The molecule has 0 aromatic rings. The first-order chi connectivity index (χ1) is 52.6. The Bertz CT molecular complexity index is 2150. The topological polar surface area (TPSA) is 237 Å². The third kappa shape index (κ3) is 80.2. The minimum Gasteiger partial charge on any atom is -0.462 e. The number of unbranched alkanes of at least 4 members (excludes halogenated alkanes) is 55. The van der Waals surface area contributed by atoms with Gasteiger partial charge in [0.1, 0.15) is 19.3 Å². The highest BCUT2D eigenvalue weighted by atomic mass is 31.2. The summed E-state index contributed by atoms with van der Waals surface area (Å²) in [5.74, 6) is -1.26. The summed E-state index contributed by atoms with van der Waals surface area (Å²) in [5, 5.41) is 10.7. The number of hydrogen-bond donors (Lipinski definition) is 3. The van der Waals surface area contributed by atoms with Crippen molar-refractivity contribution in [3.05, 3.63) is 24.3 Å². The van der Waals surface area contributed by atoms with E-state index in [1.54, 1.807) is 0 Å². The SMILES string of the molecule is CCCCCC/C=C\C=C/CCCCCCCC(=O)O[C@H](COC(=O)CCCCCCCCCCCCCC)COP(=O)(O)OC[C@H](O)COP(=O)(O)OC[C@@H](COC(=O)CCCCCCCCCCCCCCCCCCCCC)OC(=O)CCCCCCCCCCCCCCCCCCCCC(C)CC. The van der Waals surface area contributed by atoms with Crippen molar-refractivity contribution in [2.45, 2.75) is 477 Å². The molecule has 0 rings (SSSR count). The molecule has 0 saturated heterocycles. The molecule has 0 aromatic carbocycles. The largest absolute Gasteiger partial charge is 0.472 e. The van der Waals surface area contributed by atoms with Crippen molar-refractivity contribution < 1.29 is 80.2 Å². The predicted octanol–water partition coefficient (Wildman–Crippen LogP) is 27.1. The van der Waals surface area contributed by atoms with Gasteiger partial charge in [-0.3, -0.25) is 37.3 Å². The Morgan fingerprint density at radius 2 is 0.519 bits per heavy atom. The Morgan fingerprint density at radius 3 is 0.787 bits per heavy atom. The number of phosphoric ester groups is 2. The average molecular weight is 1570 g/mol. The van der Waals surface area contributed by atoms with Gasteiger partial charge in [0.25, 0.3) is 0 Å². The first kappa shape index (κ1) is 106. The smallest absolute Gasteiger partial charge is 0.462 e. The first-order valence-corrected chi connectivity index (χ1v) is 48.5. The first-order valence-electron chi connectivity index (χ1n) is 45.5. The van der Waals surface area contributed by atoms with Crippen LogP contribution in [0.3, 0.4) is 0 Å². The maximum absolute atomic E-state index is 13.2. The van der Waals surface area contributed by atoms with Crippen LogP contribution in [0.5, 0.6) is 0 Å². The second-order valence-corrected chi connectivity index (χ2v) is 34.5. The number of carbonyl (C=O) groups is 4. The number of rotatable bonds is 87. The number of allylic oxidation sites excluding steroid dienone is 4. The highest BCUT2D eigenvalue weighted by molar-refractivity contribution is 7.47. The fraction of sp³-hybridized carbons (Fsp3) is 0.910. The summed E-state index contributed by atoms with van der Waals surface area (Å²) in [5.41, 5.74) is 0. The standard InChI is InChI=1S/C89H170O17P2/c1-6-10-13-16-19-22-25-28-30-31-32-36-40-43-48-53-58-63-68-73-87(92)100-79-85(106-89(94)75-70-65-60-55-50-45-41-37-34-33-35-39-42-46-51-56-61-66-71-82(5)9-4)81-104-108(97,98)102-77-83(90)76-101-107(95,96)103-80-84(78-99-86(91)72-67-62-57-52-47-27-24-21-18-15-12-8-3)105-88(93)74-69-64-59-54-49-44-38-29-26-23-20-17-14-11-7-2/h23,26,29,38,82-85,90H,6-22,24-25,27-28,30-37,39-81H2,1-5H3,(H,95,96)(H,97,98)/b26-23-,38-29-/t82?,83-,84+,85+/m0/s1. The van der Waals surface area contributed by atoms with E-state index in [1.165, 1.54) is 270 Å². The minimum absolute atomic E-state index is 0.0859. The van der Waals surface area contributed by atoms with Crippen LogP contribution >= 0.6 is 15.6 Å². The highest BCUT2D eigenvalue weighted by Crippen LogP contribution is 2.45. The zero-order valence-electron chi connectivity index (χ0n) is 70.5. The predicted molar refractivity (Wildman–Crippen MR) is 446 cm³/mol. The van der Waals surface area contributed by atoms with Gasteiger partial charge in [-0.15, -0.1) is 0 Å². The summed E-state index contributed by atoms with van der Waals surface area (Å²) >= 11 is 0. The van der Waals surface area contributed by atoms with E-state index in [-0.39, 0.29) is 25.7 Å². The second kappa shape index (κ2) is 81.1. The van der Waals surface area contributed by atoms with E-state index in [0.717, 1.165) is 109 Å². The molecule has 0 aliphatic carbocycles. The maximum atomic E-state index is 13.2. The third-order valence-electron chi connectivity index (χ3n) is 20.8. The summed E-state index contributed by atoms with van der Waals surface area (Å²) < 4.78 is 68.9. The van der Waals surface area contributed by atoms with Crippen LogP contribution in [0.4, 0.5) is 0 Å². The number of aliphatic hydroxyl groups excluding tert-OH is 1. The molecule has 6 atom stereocenters. The van der Waals surface area contributed by atoms with E-state index in [9.17, 15) is 43.2 Å². The van der Waals surface area contributed by atoms with Gasteiger partial charge in [0.05, 0.1) is 26.4 Å². The average Bonchev–Trinajstić information content (AvgIpc) is 0.901. The van der Waals surface area contributed by atoms with Crippen LogP contribution in [0.1, 0.15) is 458 Å². The van der Waals surface area contributed by atoms with Crippen LogP contribution in [0.25, 0.3) is 0 Å². The molecule has 0 aliphatic heterocycles. The molecule has 3 N–H and O–H groups in total. The second-order valence-electron chi connectivity index (χ2n) is 31.5. The van der Waals surface area contributed by atoms with Crippen LogP contribution in [0.2, 0.25) is 0 Å². The molecule has 108 heavy (non-hydrogen) atoms. The zero-order chi connectivity index (χ0) is 79.0. The highest BCUT2D eigenvalue weighted by Gasteiger charge is 2.30. The molecular formula is C89H170O17P2. The van der Waals surface area contributed by atoms with Crippen molar-refractivity contribution in [1.82, 2.24) is 0 Å². The van der Waals surface area contributed by atoms with Gasteiger partial charge in [-0.1, -0.05) is 406 Å². The summed E-state index contributed by atoms with van der Waals surface area (Å²) in [6.07, 6.45) is 78.5. The van der Waals surface area contributed by atoms with E-state index in [0.29, 0.717) is 25.7 Å². The number of aliphatic hydroxyl groups is 1. The summed E-state index contributed by atoms with van der Waals surface area (Å²) in [4.78, 5) is 73.3. The van der Waals surface area contributed by atoms with Gasteiger partial charge in [0.15, 0.2) is 12.2 Å². The van der Waals surface area contributed by atoms with Crippen LogP contribution < -0.4 is 0 Å². The van der Waals surface area contributed by atoms with E-state index in [2.05, 4.69) is 58.9 Å². The number of carbonyl (C=O) groups excluding carboxylic acids is 4. The van der Waals surface area contributed by atoms with E-state index < -0.39 is 97.5 Å². The van der Waals surface area contributed by atoms with Gasteiger partial charge in [-0.05, 0) is 57.3 Å². The Balaban J connectivity index is 5.27. The monoisotopic (exact) mass is 1570 g/mol. The van der Waals surface area contributed by atoms with Gasteiger partial charge < -0.3 is 33.8 Å². The van der Waals surface area contributed by atoms with Gasteiger partial charge in [0, 0.05) is 25.7 Å². The molecule has 0 fully saturated rings. The zero-order valence-corrected chi connectivity index (χ0v) is 72.3. The normalized spacial score (nSPS) is 14.1. The van der Waals surface area contributed by atoms with Crippen molar-refractivity contribution in [2.75, 3.05) is 39.6 Å². The van der Waals surface area contributed by atoms with Crippen molar-refractivity contribution in [1.29, 1.82) is 0 Å². The number of hydrogen-bond acceptors (Lipinski definition) is 15. The molecule has 0 saturated carbocycles. The van der Waals surface area contributed by atoms with Gasteiger partial charge in [0.2, 0.25) is 0 Å². The quantitative estimate of drug-likeness (QED) is 0.0169. The molecule has 19 heteroatoms. The molecule has 0 spiro atoms. The Morgan fingerprint density at radius 1 is 0.296 bits per heavy atom. The number of phosphoric acid groups is 2. The molecule has 3 unspecified atom stereocenters. The van der Waals surface area contributed by atoms with E-state index in [1.807, 2.05) is 0 Å². The third-order valence-corrected chi connectivity index (χ3v) is 22.7. The van der Waals surface area contributed by atoms with Crippen LogP contribution in [-0.2, 0) is 65.4 Å². The molecule has 0 heterocycles. The lowest BCUT2D eigenvalue weighted by Gasteiger charge is -2.21. The Labute approximate surface area is 663 Å². The Hall–Kier alpha value is -2.46. The molecular weight excluding hydrogens is 1400 g/mol. The van der Waals surface area contributed by atoms with Crippen LogP contribution in [0, 0.1) is 5.92 Å². The fourth-order valence-electron chi connectivity index (χ4n) is 13.4. The Kier molecular flexibility index (Phi) is 79.3. The minimum atomic E-state index is -4.97. The number of esters is 4. The molecule has 0 amide bonds. The maximum Gasteiger partial charge on any atom is 0.472 e. The van der Waals surface area contributed by atoms with Crippen molar-refractivity contribution in [3.8, 4) is 0 Å². The molecule has 0 bridgehead atoms. The van der Waals surface area contributed by atoms with Gasteiger partial charge in [-0.2, -0.15) is 0 Å². The van der Waals surface area contributed by atoms with Crippen LogP contribution in [0.15, 0.2) is 24.3 Å². The lowest BCUT2D eigenvalue weighted by atomic mass is 9.99. The van der Waals surface area contributed by atoms with Crippen LogP contribution in [-0.4, -0.2) is 96.7 Å². The molecule has 0 aliphatic rings. The molecule has 638 valence electrons. The van der Waals surface area contributed by atoms with Gasteiger partial charge in [-0.25, -0.2) is 9.13 Å². The van der Waals surface area contributed by atoms with Gasteiger partial charge >= 0.3 is 39.5 Å². The fourth-order valence-corrected chi connectivity index (χ4v) is 15.0. The molecule has 0 aromatic heterocycles. The summed E-state index contributed by atoms with van der Waals surface area (Å²) in [7, 11) is -9.94. The van der Waals surface area contributed by atoms with E-state index in [4.69, 9.17) is 37.0 Å². The van der Waals surface area contributed by atoms with Crippen molar-refractivity contribution in [2.24, 2.45) is 5.92 Å². The lowest BCUT2D eigenvalue weighted by Crippen LogP contribution is -2.30. The number of ether oxygens (including phenoxy) is 4. The van der Waals surface area contributed by atoms with Crippen molar-refractivity contribution >= 4 is 39.5 Å². The lowest BCUT2D eigenvalue weighted by molar-refractivity contribution is -0.161. The summed E-state index contributed by atoms with van der Waals surface area (Å²) in [6.45, 7) is 7.38. The molecule has 0 radical (unpaired) electrons. The van der Waals surface area contributed by atoms with Crippen molar-refractivity contribution in [3.63, 3.8) is 0 Å². The molecule has 17 nitrogen and oxygen atoms in total. The summed E-state index contributed by atoms with van der Waals surface area (Å²) in [6, 6.07) is 0.